The Kier molecular flexibility index (Phi) is 6.36. The lowest BCUT2D eigenvalue weighted by Crippen LogP contribution is -2.28. The van der Waals surface area contributed by atoms with Crippen LogP contribution < -0.4 is 19.5 Å². The van der Waals surface area contributed by atoms with Crippen LogP contribution >= 0.6 is 15.9 Å². The Hall–Kier alpha value is -2.80. The molecule has 0 aliphatic carbocycles. The van der Waals surface area contributed by atoms with E-state index in [9.17, 15) is 9.59 Å². The minimum Gasteiger partial charge on any atom is -0.493 e. The number of hydrogen-bond donors (Lipinski definition) is 1. The van der Waals surface area contributed by atoms with Crippen molar-refractivity contribution in [2.45, 2.75) is 6.92 Å². The number of carbonyl (C=O) groups is 2. The van der Waals surface area contributed by atoms with Crippen LogP contribution in [0.3, 0.4) is 0 Å². The summed E-state index contributed by atoms with van der Waals surface area (Å²) in [5, 5.41) is 2.67. The van der Waals surface area contributed by atoms with Gasteiger partial charge in [0, 0.05) is 16.6 Å². The van der Waals surface area contributed by atoms with E-state index in [0.29, 0.717) is 34.9 Å². The summed E-state index contributed by atoms with van der Waals surface area (Å²) >= 11 is 3.38. The highest BCUT2D eigenvalue weighted by atomic mass is 79.9. The summed E-state index contributed by atoms with van der Waals surface area (Å²) in [5.41, 5.74) is 1.84. The molecule has 146 valence electrons. The van der Waals surface area contributed by atoms with Crippen LogP contribution in [0.5, 0.6) is 17.2 Å². The molecule has 0 fully saturated rings. The molecular formula is C21H20BrNO5. The fourth-order valence-corrected chi connectivity index (χ4v) is 3.15. The van der Waals surface area contributed by atoms with Crippen molar-refractivity contribution in [1.29, 1.82) is 0 Å². The molecule has 0 saturated carbocycles. The number of methoxy groups -OCH3 is 1. The van der Waals surface area contributed by atoms with E-state index < -0.39 is 0 Å². The van der Waals surface area contributed by atoms with Gasteiger partial charge in [-0.05, 0) is 48.9 Å². The minimum atomic E-state index is -0.203. The van der Waals surface area contributed by atoms with Gasteiger partial charge in [-0.1, -0.05) is 22.0 Å². The van der Waals surface area contributed by atoms with Crippen LogP contribution in [0.25, 0.3) is 6.08 Å². The number of hydrogen-bond acceptors (Lipinski definition) is 5. The zero-order valence-corrected chi connectivity index (χ0v) is 17.2. The Balaban J connectivity index is 1.80. The number of fused-ring (bicyclic) bond motifs is 1. The summed E-state index contributed by atoms with van der Waals surface area (Å²) in [7, 11) is 1.52. The van der Waals surface area contributed by atoms with Gasteiger partial charge in [-0.3, -0.25) is 9.59 Å². The molecule has 0 saturated heterocycles. The third-order valence-corrected chi connectivity index (χ3v) is 4.62. The average molecular weight is 446 g/mol. The molecule has 1 amide bonds. The Labute approximate surface area is 171 Å². The van der Waals surface area contributed by atoms with Gasteiger partial charge in [0.25, 0.3) is 5.91 Å². The quantitative estimate of drug-likeness (QED) is 0.687. The van der Waals surface area contributed by atoms with Gasteiger partial charge in [-0.2, -0.15) is 0 Å². The molecule has 2 aromatic rings. The van der Waals surface area contributed by atoms with Gasteiger partial charge < -0.3 is 19.5 Å². The van der Waals surface area contributed by atoms with E-state index >= 15 is 0 Å². The van der Waals surface area contributed by atoms with E-state index in [1.165, 1.54) is 7.11 Å². The number of rotatable bonds is 6. The first-order valence-corrected chi connectivity index (χ1v) is 9.56. The summed E-state index contributed by atoms with van der Waals surface area (Å²) in [6.45, 7) is 2.49. The first-order chi connectivity index (χ1) is 13.5. The molecule has 0 atom stereocenters. The van der Waals surface area contributed by atoms with Crippen molar-refractivity contribution in [3.05, 3.63) is 57.6 Å². The van der Waals surface area contributed by atoms with Crippen LogP contribution in [-0.4, -0.2) is 38.6 Å². The molecule has 1 aliphatic heterocycles. The van der Waals surface area contributed by atoms with Gasteiger partial charge in [-0.25, -0.2) is 0 Å². The van der Waals surface area contributed by atoms with Gasteiger partial charge >= 0.3 is 0 Å². The zero-order valence-electron chi connectivity index (χ0n) is 15.6. The van der Waals surface area contributed by atoms with Crippen molar-refractivity contribution in [3.8, 4) is 17.2 Å². The normalized spacial score (nSPS) is 14.2. The molecule has 1 N–H and O–H groups in total. The van der Waals surface area contributed by atoms with Crippen LogP contribution in [0.1, 0.15) is 22.8 Å². The predicted molar refractivity (Wildman–Crippen MR) is 109 cm³/mol. The van der Waals surface area contributed by atoms with E-state index in [0.717, 1.165) is 10.0 Å². The SMILES string of the molecule is CCNC(=O)COc1ccc(/C=C2/COc3ccc(Br)cc3C2=O)cc1OC. The first-order valence-electron chi connectivity index (χ1n) is 8.77. The van der Waals surface area contributed by atoms with Crippen molar-refractivity contribution in [2.75, 3.05) is 26.9 Å². The number of likely N-dealkylation sites (N-methyl/N-ethyl adjacent to an activating group) is 1. The molecule has 1 heterocycles. The lowest BCUT2D eigenvalue weighted by Gasteiger charge is -2.19. The molecule has 2 aromatic carbocycles. The fraction of sp³-hybridized carbons (Fsp3) is 0.238. The number of nitrogens with one attached hydrogen (secondary N) is 1. The number of ketones is 1. The van der Waals surface area contributed by atoms with E-state index in [2.05, 4.69) is 21.2 Å². The molecular weight excluding hydrogens is 426 g/mol. The number of halogens is 1. The van der Waals surface area contributed by atoms with Crippen molar-refractivity contribution in [1.82, 2.24) is 5.32 Å². The van der Waals surface area contributed by atoms with Crippen molar-refractivity contribution < 1.29 is 23.8 Å². The van der Waals surface area contributed by atoms with Crippen LogP contribution in [-0.2, 0) is 4.79 Å². The summed E-state index contributed by atoms with van der Waals surface area (Å²) in [4.78, 5) is 24.3. The van der Waals surface area contributed by atoms with Crippen LogP contribution in [0.4, 0.5) is 0 Å². The van der Waals surface area contributed by atoms with Gasteiger partial charge in [0.05, 0.1) is 12.7 Å². The van der Waals surface area contributed by atoms with Gasteiger partial charge in [0.1, 0.15) is 12.4 Å². The Morgan fingerprint density at radius 3 is 2.82 bits per heavy atom. The number of ether oxygens (including phenoxy) is 3. The van der Waals surface area contributed by atoms with Gasteiger partial charge in [0.15, 0.2) is 23.9 Å². The molecule has 6 nitrogen and oxygen atoms in total. The van der Waals surface area contributed by atoms with Crippen LogP contribution in [0.15, 0.2) is 46.4 Å². The molecule has 0 bridgehead atoms. The highest BCUT2D eigenvalue weighted by molar-refractivity contribution is 9.10. The third kappa shape index (κ3) is 4.54. The lowest BCUT2D eigenvalue weighted by atomic mass is 9.98. The lowest BCUT2D eigenvalue weighted by molar-refractivity contribution is -0.123. The van der Waals surface area contributed by atoms with Crippen LogP contribution in [0.2, 0.25) is 0 Å². The molecule has 3 rings (SSSR count). The smallest absolute Gasteiger partial charge is 0.257 e. The van der Waals surface area contributed by atoms with Crippen molar-refractivity contribution in [2.24, 2.45) is 0 Å². The second kappa shape index (κ2) is 8.93. The second-order valence-electron chi connectivity index (χ2n) is 6.08. The van der Waals surface area contributed by atoms with Crippen molar-refractivity contribution >= 4 is 33.7 Å². The Morgan fingerprint density at radius 1 is 1.25 bits per heavy atom. The van der Waals surface area contributed by atoms with Crippen LogP contribution in [0, 0.1) is 0 Å². The molecule has 0 unspecified atom stereocenters. The first kappa shape index (κ1) is 19.9. The van der Waals surface area contributed by atoms with E-state index in [4.69, 9.17) is 14.2 Å². The van der Waals surface area contributed by atoms with E-state index in [1.807, 2.05) is 13.0 Å². The summed E-state index contributed by atoms with van der Waals surface area (Å²) in [6.07, 6.45) is 1.77. The maximum Gasteiger partial charge on any atom is 0.257 e. The highest BCUT2D eigenvalue weighted by Crippen LogP contribution is 2.32. The standard InChI is InChI=1S/C21H20BrNO5/c1-3-23-20(24)12-28-18-6-4-13(9-19(18)26-2)8-14-11-27-17-7-5-15(22)10-16(17)21(14)25/h4-10H,3,11-12H2,1-2H3,(H,23,24)/b14-8-. The fourth-order valence-electron chi connectivity index (χ4n) is 2.79. The maximum atomic E-state index is 12.8. The number of Topliss-reactive ketones (excluding diaryl/α,β-unsaturated/α-hetero) is 1. The molecule has 0 radical (unpaired) electrons. The van der Waals surface area contributed by atoms with Crippen molar-refractivity contribution in [3.63, 3.8) is 0 Å². The maximum absolute atomic E-state index is 12.8. The zero-order chi connectivity index (χ0) is 20.1. The largest absolute Gasteiger partial charge is 0.493 e. The van der Waals surface area contributed by atoms with Gasteiger partial charge in [0.2, 0.25) is 0 Å². The van der Waals surface area contributed by atoms with Gasteiger partial charge in [-0.15, -0.1) is 0 Å². The Morgan fingerprint density at radius 2 is 2.07 bits per heavy atom. The Bertz CT molecular complexity index is 938. The monoisotopic (exact) mass is 445 g/mol. The number of amides is 1. The third-order valence-electron chi connectivity index (χ3n) is 4.12. The predicted octanol–water partition coefficient (Wildman–Crippen LogP) is 3.63. The number of carbonyl (C=O) groups excluding carboxylic acids is 2. The molecule has 0 spiro atoms. The van der Waals surface area contributed by atoms with E-state index in [1.54, 1.807) is 36.4 Å². The minimum absolute atomic E-state index is 0.0712. The number of benzene rings is 2. The second-order valence-corrected chi connectivity index (χ2v) is 7.00. The summed E-state index contributed by atoms with van der Waals surface area (Å²) < 4.78 is 17.4. The van der Waals surface area contributed by atoms with E-state index in [-0.39, 0.29) is 24.9 Å². The summed E-state index contributed by atoms with van der Waals surface area (Å²) in [6, 6.07) is 10.6. The molecule has 0 aromatic heterocycles. The average Bonchev–Trinajstić information content (AvgIpc) is 2.69. The molecule has 1 aliphatic rings. The topological polar surface area (TPSA) is 73.9 Å². The summed E-state index contributed by atoms with van der Waals surface area (Å²) in [5.74, 6) is 1.24. The molecule has 28 heavy (non-hydrogen) atoms. The molecule has 7 heteroatoms. The highest BCUT2D eigenvalue weighted by Gasteiger charge is 2.23.